The van der Waals surface area contributed by atoms with Crippen molar-refractivity contribution in [2.45, 2.75) is 59.3 Å². The fourth-order valence-corrected chi connectivity index (χ4v) is 7.04. The van der Waals surface area contributed by atoms with Gasteiger partial charge in [-0.15, -0.1) is 0 Å². The zero-order valence-electron chi connectivity index (χ0n) is 19.2. The van der Waals surface area contributed by atoms with Crippen LogP contribution >= 0.6 is 0 Å². The quantitative estimate of drug-likeness (QED) is 0.365. The van der Waals surface area contributed by atoms with E-state index >= 15 is 0 Å². The summed E-state index contributed by atoms with van der Waals surface area (Å²) < 4.78 is 0. The lowest BCUT2D eigenvalue weighted by Gasteiger charge is -2.04. The van der Waals surface area contributed by atoms with Crippen molar-refractivity contribution in [1.82, 2.24) is 5.32 Å². The molecule has 1 N–H and O–H groups in total. The number of amides is 1. The molecule has 0 aromatic heterocycles. The number of carbonyl (C=O) groups excluding carboxylic acids is 1. The van der Waals surface area contributed by atoms with Gasteiger partial charge < -0.3 is 5.32 Å². The van der Waals surface area contributed by atoms with Crippen molar-refractivity contribution in [2.24, 2.45) is 76.9 Å². The second kappa shape index (κ2) is 7.24. The molecule has 6 aliphatic rings. The van der Waals surface area contributed by atoms with E-state index in [1.54, 1.807) is 12.8 Å². The van der Waals surface area contributed by atoms with Gasteiger partial charge in [0.15, 0.2) is 0 Å². The molecule has 0 heterocycles. The van der Waals surface area contributed by atoms with Gasteiger partial charge in [-0.3, -0.25) is 4.79 Å². The summed E-state index contributed by atoms with van der Waals surface area (Å²) in [6.07, 6.45) is 18.1. The van der Waals surface area contributed by atoms with Crippen molar-refractivity contribution in [3.8, 4) is 0 Å². The fourth-order valence-electron chi connectivity index (χ4n) is 7.04. The van der Waals surface area contributed by atoms with E-state index in [0.717, 1.165) is 71.6 Å². The molecule has 164 valence electrons. The van der Waals surface area contributed by atoms with Crippen LogP contribution in [-0.2, 0) is 4.79 Å². The minimum atomic E-state index is 0.101. The van der Waals surface area contributed by atoms with E-state index in [9.17, 15) is 4.79 Å². The maximum Gasteiger partial charge on any atom is 0.243 e. The summed E-state index contributed by atoms with van der Waals surface area (Å²) >= 11 is 0. The Hall–Kier alpha value is -1.05. The molecule has 0 aromatic carbocycles. The third-order valence-electron chi connectivity index (χ3n) is 9.61. The third kappa shape index (κ3) is 4.17. The fraction of sp³-hybridized carbons (Fsp3) is 0.821. The van der Waals surface area contributed by atoms with E-state index in [4.69, 9.17) is 0 Å². The van der Waals surface area contributed by atoms with Crippen molar-refractivity contribution in [1.29, 1.82) is 0 Å². The van der Waals surface area contributed by atoms with Gasteiger partial charge in [0.2, 0.25) is 5.91 Å². The van der Waals surface area contributed by atoms with E-state index in [0.29, 0.717) is 11.8 Å². The molecule has 0 saturated heterocycles. The first kappa shape index (κ1) is 19.6. The maximum absolute atomic E-state index is 11.9. The van der Waals surface area contributed by atoms with E-state index in [1.165, 1.54) is 25.7 Å². The summed E-state index contributed by atoms with van der Waals surface area (Å²) in [5.74, 6) is 12.6. The Kier molecular flexibility index (Phi) is 4.74. The molecular weight excluding hydrogens is 366 g/mol. The zero-order valence-corrected chi connectivity index (χ0v) is 19.2. The predicted octanol–water partition coefficient (Wildman–Crippen LogP) is 5.71. The number of hydrogen-bond acceptors (Lipinski definition) is 1. The molecule has 30 heavy (non-hydrogen) atoms. The Labute approximate surface area is 183 Å². The van der Waals surface area contributed by atoms with Gasteiger partial charge in [0.1, 0.15) is 0 Å². The summed E-state index contributed by atoms with van der Waals surface area (Å²) in [4.78, 5) is 11.9. The van der Waals surface area contributed by atoms with Crippen LogP contribution in [-0.4, -0.2) is 12.5 Å². The van der Waals surface area contributed by atoms with Crippen molar-refractivity contribution in [3.63, 3.8) is 0 Å². The van der Waals surface area contributed by atoms with Gasteiger partial charge >= 0.3 is 0 Å². The second-order valence-electron chi connectivity index (χ2n) is 12.6. The molecule has 6 fully saturated rings. The summed E-state index contributed by atoms with van der Waals surface area (Å²) in [6, 6.07) is 0. The normalized spacial score (nSPS) is 52.7. The van der Waals surface area contributed by atoms with Crippen molar-refractivity contribution < 1.29 is 4.79 Å². The van der Waals surface area contributed by atoms with Crippen LogP contribution in [0.2, 0.25) is 0 Å². The van der Waals surface area contributed by atoms with Gasteiger partial charge in [0.25, 0.3) is 0 Å². The number of carbonyl (C=O) groups is 1. The van der Waals surface area contributed by atoms with Gasteiger partial charge in [0.05, 0.1) is 0 Å². The van der Waals surface area contributed by atoms with Gasteiger partial charge in [-0.1, -0.05) is 39.0 Å². The minimum absolute atomic E-state index is 0.101. The lowest BCUT2D eigenvalue weighted by Crippen LogP contribution is -2.25. The molecule has 1 amide bonds. The Morgan fingerprint density at radius 3 is 1.70 bits per heavy atom. The molecule has 6 rings (SSSR count). The molecule has 0 unspecified atom stereocenters. The highest BCUT2D eigenvalue weighted by molar-refractivity contribution is 5.87. The average Bonchev–Trinajstić information content (AvgIpc) is 3.50. The molecule has 0 bridgehead atoms. The van der Waals surface area contributed by atoms with E-state index in [1.807, 2.05) is 6.08 Å². The molecular formula is C28H41NO. The highest BCUT2D eigenvalue weighted by atomic mass is 16.1. The average molecular weight is 408 g/mol. The molecule has 0 aromatic rings. The summed E-state index contributed by atoms with van der Waals surface area (Å²) in [6.45, 7) is 7.45. The molecule has 2 heteroatoms. The second-order valence-corrected chi connectivity index (χ2v) is 12.6. The number of hydrogen-bond donors (Lipinski definition) is 1. The SMILES string of the molecule is CC(C)CNC(=O)/C=C/[C@H]1C[C@@H]1[C@H]1C[C@@H]1[C@H]1C[C@@H]1[C@H]1C[C@@H]1[C@H]1C[C@@H]1/C=C/[C@@H]1C[C@H]1C. The highest BCUT2D eigenvalue weighted by Crippen LogP contribution is 2.72. The number of rotatable bonds is 10. The Morgan fingerprint density at radius 1 is 0.733 bits per heavy atom. The topological polar surface area (TPSA) is 29.1 Å². The predicted molar refractivity (Wildman–Crippen MR) is 121 cm³/mol. The van der Waals surface area contributed by atoms with Crippen LogP contribution in [0.15, 0.2) is 24.3 Å². The molecule has 0 aliphatic heterocycles. The van der Waals surface area contributed by atoms with Crippen LogP contribution in [0.5, 0.6) is 0 Å². The van der Waals surface area contributed by atoms with E-state index in [2.05, 4.69) is 44.3 Å². The number of allylic oxidation sites excluding steroid dienone is 3. The first-order valence-electron chi connectivity index (χ1n) is 13.1. The Bertz CT molecular complexity index is 752. The van der Waals surface area contributed by atoms with Crippen molar-refractivity contribution in [3.05, 3.63) is 24.3 Å². The van der Waals surface area contributed by atoms with Gasteiger partial charge in [-0.25, -0.2) is 0 Å². The largest absolute Gasteiger partial charge is 0.352 e. The summed E-state index contributed by atoms with van der Waals surface area (Å²) in [5, 5.41) is 3.00. The first-order valence-corrected chi connectivity index (χ1v) is 13.1. The van der Waals surface area contributed by atoms with Crippen LogP contribution in [0.1, 0.15) is 59.3 Å². The smallest absolute Gasteiger partial charge is 0.243 e. The van der Waals surface area contributed by atoms with Crippen LogP contribution < -0.4 is 5.32 Å². The molecule has 0 spiro atoms. The molecule has 6 aliphatic carbocycles. The lowest BCUT2D eigenvalue weighted by atomic mass is 10.1. The summed E-state index contributed by atoms with van der Waals surface area (Å²) in [5.41, 5.74) is 0. The molecule has 0 radical (unpaired) electrons. The van der Waals surface area contributed by atoms with Gasteiger partial charge in [-0.2, -0.15) is 0 Å². The highest BCUT2D eigenvalue weighted by Gasteiger charge is 2.65. The lowest BCUT2D eigenvalue weighted by molar-refractivity contribution is -0.116. The Morgan fingerprint density at radius 2 is 1.20 bits per heavy atom. The number of nitrogens with one attached hydrogen (secondary N) is 1. The minimum Gasteiger partial charge on any atom is -0.352 e. The zero-order chi connectivity index (χ0) is 20.6. The molecule has 6 saturated carbocycles. The van der Waals surface area contributed by atoms with E-state index in [-0.39, 0.29) is 5.91 Å². The van der Waals surface area contributed by atoms with Gasteiger partial charge in [-0.05, 0) is 122 Å². The molecule has 12 atom stereocenters. The van der Waals surface area contributed by atoms with E-state index < -0.39 is 0 Å². The first-order chi connectivity index (χ1) is 14.5. The van der Waals surface area contributed by atoms with Crippen LogP contribution in [0.4, 0.5) is 0 Å². The monoisotopic (exact) mass is 407 g/mol. The third-order valence-corrected chi connectivity index (χ3v) is 9.61. The standard InChI is InChI=1S/C28H41NO/c1-15(2)14-29-28(30)7-6-19-10-21(19)23-12-25(23)27-13-26(27)24-11-22(24)20-9-18(20)5-4-17-8-16(17)3/h4-7,15-27H,8-14H2,1-3H3,(H,29,30)/b5-4+,7-6+/t16-,17-,18+,19+,20+,21+,22-,23-,24+,25+,26-,27-/m1/s1. The van der Waals surface area contributed by atoms with Crippen LogP contribution in [0, 0.1) is 76.9 Å². The molecule has 2 nitrogen and oxygen atoms in total. The summed E-state index contributed by atoms with van der Waals surface area (Å²) in [7, 11) is 0. The van der Waals surface area contributed by atoms with Crippen LogP contribution in [0.25, 0.3) is 0 Å². The Balaban J connectivity index is 0.891. The van der Waals surface area contributed by atoms with Gasteiger partial charge in [0, 0.05) is 6.54 Å². The van der Waals surface area contributed by atoms with Crippen molar-refractivity contribution in [2.75, 3.05) is 6.54 Å². The maximum atomic E-state index is 11.9. The van der Waals surface area contributed by atoms with Crippen molar-refractivity contribution >= 4 is 5.91 Å². The van der Waals surface area contributed by atoms with Crippen LogP contribution in [0.3, 0.4) is 0 Å².